The summed E-state index contributed by atoms with van der Waals surface area (Å²) in [6, 6.07) is 16.0. The Balaban J connectivity index is 2.17. The van der Waals surface area contributed by atoms with Crippen LogP contribution < -0.4 is 10.2 Å². The van der Waals surface area contributed by atoms with E-state index in [1.165, 1.54) is 0 Å². The van der Waals surface area contributed by atoms with Crippen molar-refractivity contribution in [2.45, 2.75) is 0 Å². The standard InChI is InChI=1S/C14H11N3/c1-17-13-5-3-2-4-11(13)16-12-8-10(9-15)6-7-14(12)17/h2-8,16H,1H3. The van der Waals surface area contributed by atoms with Gasteiger partial charge in [0, 0.05) is 7.05 Å². The maximum Gasteiger partial charge on any atom is 0.0992 e. The molecule has 3 nitrogen and oxygen atoms in total. The molecule has 3 rings (SSSR count). The molecule has 0 aliphatic carbocycles. The SMILES string of the molecule is CN1c2ccccc2Nc2cc(C#N)ccc21. The smallest absolute Gasteiger partial charge is 0.0992 e. The van der Waals surface area contributed by atoms with Crippen molar-refractivity contribution in [3.63, 3.8) is 0 Å². The highest BCUT2D eigenvalue weighted by Gasteiger charge is 2.18. The van der Waals surface area contributed by atoms with Gasteiger partial charge in [0.15, 0.2) is 0 Å². The number of hydrogen-bond donors (Lipinski definition) is 1. The van der Waals surface area contributed by atoms with Crippen molar-refractivity contribution in [1.29, 1.82) is 5.26 Å². The Morgan fingerprint density at radius 1 is 1.06 bits per heavy atom. The molecule has 0 saturated carbocycles. The molecule has 1 heterocycles. The fraction of sp³-hybridized carbons (Fsp3) is 0.0714. The number of hydrogen-bond acceptors (Lipinski definition) is 3. The van der Waals surface area contributed by atoms with Crippen LogP contribution in [0.15, 0.2) is 42.5 Å². The van der Waals surface area contributed by atoms with Crippen LogP contribution in [0.4, 0.5) is 22.7 Å². The molecule has 2 aromatic carbocycles. The van der Waals surface area contributed by atoms with Gasteiger partial charge in [0.25, 0.3) is 0 Å². The maximum atomic E-state index is 8.91. The van der Waals surface area contributed by atoms with Crippen molar-refractivity contribution in [2.75, 3.05) is 17.3 Å². The van der Waals surface area contributed by atoms with Crippen LogP contribution in [0.2, 0.25) is 0 Å². The third kappa shape index (κ3) is 1.42. The molecule has 82 valence electrons. The summed E-state index contributed by atoms with van der Waals surface area (Å²) in [7, 11) is 2.03. The summed E-state index contributed by atoms with van der Waals surface area (Å²) in [5.74, 6) is 0. The van der Waals surface area contributed by atoms with Crippen molar-refractivity contribution in [1.82, 2.24) is 0 Å². The van der Waals surface area contributed by atoms with E-state index in [1.807, 2.05) is 43.4 Å². The van der Waals surface area contributed by atoms with E-state index < -0.39 is 0 Å². The summed E-state index contributed by atoms with van der Waals surface area (Å²) in [6.07, 6.45) is 0. The fourth-order valence-electron chi connectivity index (χ4n) is 2.14. The molecule has 0 aromatic heterocycles. The number of fused-ring (bicyclic) bond motifs is 2. The first-order valence-corrected chi connectivity index (χ1v) is 5.43. The quantitative estimate of drug-likeness (QED) is 0.741. The molecule has 0 fully saturated rings. The van der Waals surface area contributed by atoms with E-state index in [0.717, 1.165) is 22.7 Å². The molecule has 0 saturated heterocycles. The average Bonchev–Trinajstić information content (AvgIpc) is 2.38. The summed E-state index contributed by atoms with van der Waals surface area (Å²) in [5, 5.41) is 12.3. The molecule has 2 aromatic rings. The largest absolute Gasteiger partial charge is 0.352 e. The minimum Gasteiger partial charge on any atom is -0.352 e. The lowest BCUT2D eigenvalue weighted by molar-refractivity contribution is 1.18. The van der Waals surface area contributed by atoms with Crippen LogP contribution in [0.1, 0.15) is 5.56 Å². The zero-order valence-electron chi connectivity index (χ0n) is 9.44. The first-order chi connectivity index (χ1) is 8.29. The van der Waals surface area contributed by atoms with Gasteiger partial charge in [-0.3, -0.25) is 0 Å². The molecule has 0 radical (unpaired) electrons. The van der Waals surface area contributed by atoms with Crippen molar-refractivity contribution >= 4 is 22.7 Å². The van der Waals surface area contributed by atoms with E-state index in [1.54, 1.807) is 0 Å². The maximum absolute atomic E-state index is 8.91. The number of nitriles is 1. The van der Waals surface area contributed by atoms with Gasteiger partial charge in [-0.25, -0.2) is 0 Å². The van der Waals surface area contributed by atoms with Gasteiger partial charge in [-0.2, -0.15) is 5.26 Å². The van der Waals surface area contributed by atoms with Crippen LogP contribution in [-0.4, -0.2) is 7.05 Å². The lowest BCUT2D eigenvalue weighted by Crippen LogP contribution is -2.17. The van der Waals surface area contributed by atoms with E-state index >= 15 is 0 Å². The predicted molar refractivity (Wildman–Crippen MR) is 68.9 cm³/mol. The molecular formula is C14H11N3. The minimum atomic E-state index is 0.670. The van der Waals surface area contributed by atoms with Gasteiger partial charge in [0.1, 0.15) is 0 Å². The minimum absolute atomic E-state index is 0.670. The van der Waals surface area contributed by atoms with Crippen molar-refractivity contribution in [3.05, 3.63) is 48.0 Å². The Morgan fingerprint density at radius 3 is 2.65 bits per heavy atom. The second-order valence-electron chi connectivity index (χ2n) is 4.04. The van der Waals surface area contributed by atoms with Gasteiger partial charge in [-0.1, -0.05) is 12.1 Å². The molecule has 3 heteroatoms. The average molecular weight is 221 g/mol. The van der Waals surface area contributed by atoms with Crippen LogP contribution in [0, 0.1) is 11.3 Å². The molecule has 17 heavy (non-hydrogen) atoms. The van der Waals surface area contributed by atoms with Gasteiger partial charge in [-0.15, -0.1) is 0 Å². The highest BCUT2D eigenvalue weighted by atomic mass is 15.2. The van der Waals surface area contributed by atoms with Crippen molar-refractivity contribution in [2.24, 2.45) is 0 Å². The topological polar surface area (TPSA) is 39.1 Å². The molecule has 0 bridgehead atoms. The number of nitrogens with zero attached hydrogens (tertiary/aromatic N) is 2. The van der Waals surface area contributed by atoms with Gasteiger partial charge in [-0.05, 0) is 30.3 Å². The first-order valence-electron chi connectivity index (χ1n) is 5.43. The second kappa shape index (κ2) is 3.53. The first kappa shape index (κ1) is 9.73. The Kier molecular flexibility index (Phi) is 2.02. The summed E-state index contributed by atoms with van der Waals surface area (Å²) < 4.78 is 0. The second-order valence-corrected chi connectivity index (χ2v) is 4.04. The van der Waals surface area contributed by atoms with Gasteiger partial charge in [0.05, 0.1) is 34.4 Å². The third-order valence-corrected chi connectivity index (χ3v) is 3.02. The van der Waals surface area contributed by atoms with E-state index in [4.69, 9.17) is 5.26 Å². The van der Waals surface area contributed by atoms with Crippen LogP contribution in [-0.2, 0) is 0 Å². The molecular weight excluding hydrogens is 210 g/mol. The Morgan fingerprint density at radius 2 is 1.82 bits per heavy atom. The Labute approximate surface area is 99.9 Å². The number of anilines is 4. The highest BCUT2D eigenvalue weighted by molar-refractivity contribution is 5.91. The van der Waals surface area contributed by atoms with Gasteiger partial charge in [0.2, 0.25) is 0 Å². The Bertz CT molecular complexity index is 626. The lowest BCUT2D eigenvalue weighted by Gasteiger charge is -2.30. The van der Waals surface area contributed by atoms with Crippen LogP contribution in [0.25, 0.3) is 0 Å². The fourth-order valence-corrected chi connectivity index (χ4v) is 2.14. The number of nitrogens with one attached hydrogen (secondary N) is 1. The molecule has 1 aliphatic rings. The number of benzene rings is 2. The summed E-state index contributed by atoms with van der Waals surface area (Å²) in [4.78, 5) is 2.13. The normalized spacial score (nSPS) is 12.1. The molecule has 1 N–H and O–H groups in total. The lowest BCUT2D eigenvalue weighted by atomic mass is 10.1. The molecule has 0 amide bonds. The van der Waals surface area contributed by atoms with E-state index in [0.29, 0.717) is 5.56 Å². The van der Waals surface area contributed by atoms with Crippen LogP contribution >= 0.6 is 0 Å². The van der Waals surface area contributed by atoms with Gasteiger partial charge >= 0.3 is 0 Å². The Hall–Kier alpha value is -2.47. The molecule has 0 spiro atoms. The van der Waals surface area contributed by atoms with Crippen LogP contribution in [0.3, 0.4) is 0 Å². The van der Waals surface area contributed by atoms with Crippen molar-refractivity contribution < 1.29 is 0 Å². The third-order valence-electron chi connectivity index (χ3n) is 3.02. The zero-order valence-corrected chi connectivity index (χ0v) is 9.44. The number of rotatable bonds is 0. The predicted octanol–water partition coefficient (Wildman–Crippen LogP) is 3.38. The molecule has 1 aliphatic heterocycles. The highest BCUT2D eigenvalue weighted by Crippen LogP contribution is 2.42. The summed E-state index contributed by atoms with van der Waals surface area (Å²) in [5.41, 5.74) is 4.94. The van der Waals surface area contributed by atoms with E-state index in [9.17, 15) is 0 Å². The zero-order chi connectivity index (χ0) is 11.8. The van der Waals surface area contributed by atoms with E-state index in [-0.39, 0.29) is 0 Å². The number of para-hydroxylation sites is 2. The van der Waals surface area contributed by atoms with E-state index in [2.05, 4.69) is 22.4 Å². The monoisotopic (exact) mass is 221 g/mol. The van der Waals surface area contributed by atoms with Crippen LogP contribution in [0.5, 0.6) is 0 Å². The van der Waals surface area contributed by atoms with Crippen molar-refractivity contribution in [3.8, 4) is 6.07 Å². The molecule has 0 atom stereocenters. The van der Waals surface area contributed by atoms with Gasteiger partial charge < -0.3 is 10.2 Å². The molecule has 0 unspecified atom stereocenters. The summed E-state index contributed by atoms with van der Waals surface area (Å²) in [6.45, 7) is 0. The summed E-state index contributed by atoms with van der Waals surface area (Å²) >= 11 is 0.